The van der Waals surface area contributed by atoms with E-state index in [9.17, 15) is 44.0 Å². The van der Waals surface area contributed by atoms with Crippen molar-refractivity contribution in [2.24, 2.45) is 0 Å². The molecule has 0 aromatic carbocycles. The normalized spacial score (nSPS) is 16.5. The van der Waals surface area contributed by atoms with E-state index in [2.05, 4.69) is 52.4 Å². The number of esters is 2. The molecule has 0 saturated heterocycles. The van der Waals surface area contributed by atoms with Gasteiger partial charge in [0.25, 0.3) is 0 Å². The number of unbranched alkanes of at least 4 members (excludes halogenated alkanes) is 4. The van der Waals surface area contributed by atoms with E-state index in [0.29, 0.717) is 19.3 Å². The number of ether oxygens (including phenoxy) is 2. The third-order valence-electron chi connectivity index (χ3n) is 8.48. The summed E-state index contributed by atoms with van der Waals surface area (Å²) in [6, 6.07) is 0. The van der Waals surface area contributed by atoms with Gasteiger partial charge < -0.3 is 44.6 Å². The molecule has 0 spiro atoms. The number of hydrogen-bond donors (Lipinski definition) is 7. The highest BCUT2D eigenvalue weighted by Crippen LogP contribution is 2.43. The molecule has 18 heteroatoms. The van der Waals surface area contributed by atoms with Crippen molar-refractivity contribution in [1.82, 2.24) is 0 Å². The second-order valence-corrected chi connectivity index (χ2v) is 17.1. The Kier molecular flexibility index (Phi) is 37.9. The van der Waals surface area contributed by atoms with Gasteiger partial charge in [-0.2, -0.15) is 0 Å². The molecule has 16 nitrogen and oxygen atoms in total. The Labute approximate surface area is 380 Å². The summed E-state index contributed by atoms with van der Waals surface area (Å²) in [4.78, 5) is 52.7. The van der Waals surface area contributed by atoms with E-state index in [0.717, 1.165) is 32.1 Å². The molecule has 0 radical (unpaired) electrons. The Morgan fingerprint density at radius 1 is 0.578 bits per heavy atom. The summed E-state index contributed by atoms with van der Waals surface area (Å²) in [5, 5.41) is 40.2. The fourth-order valence-corrected chi connectivity index (χ4v) is 6.19. The molecule has 0 aromatic rings. The van der Waals surface area contributed by atoms with Crippen LogP contribution in [0.5, 0.6) is 0 Å². The van der Waals surface area contributed by atoms with Gasteiger partial charge in [-0.25, -0.2) is 9.13 Å². The zero-order valence-electron chi connectivity index (χ0n) is 37.4. The van der Waals surface area contributed by atoms with Crippen molar-refractivity contribution in [3.05, 3.63) is 109 Å². The van der Waals surface area contributed by atoms with Gasteiger partial charge in [0, 0.05) is 12.8 Å². The van der Waals surface area contributed by atoms with Crippen LogP contribution in [0.3, 0.4) is 0 Å². The average molecular weight is 945 g/mol. The fraction of sp³-hybridized carbons (Fsp3) is 0.565. The number of aliphatic hydroxyl groups is 4. The number of phosphoric acid groups is 2. The lowest BCUT2D eigenvalue weighted by Crippen LogP contribution is -2.30. The number of carbonyl (C=O) groups excluding carboxylic acids is 2. The van der Waals surface area contributed by atoms with Gasteiger partial charge in [-0.1, -0.05) is 136 Å². The molecule has 0 fully saturated rings. The van der Waals surface area contributed by atoms with Gasteiger partial charge in [-0.05, 0) is 70.6 Å². The highest BCUT2D eigenvalue weighted by molar-refractivity contribution is 7.47. The zero-order valence-corrected chi connectivity index (χ0v) is 39.2. The number of phosphoric ester groups is 2. The Hall–Kier alpha value is -3.34. The predicted molar refractivity (Wildman–Crippen MR) is 247 cm³/mol. The maximum atomic E-state index is 12.7. The molecule has 0 amide bonds. The molecular formula is C46H74O16P2. The van der Waals surface area contributed by atoms with Gasteiger partial charge in [0.15, 0.2) is 6.10 Å². The monoisotopic (exact) mass is 944 g/mol. The van der Waals surface area contributed by atoms with Crippen molar-refractivity contribution in [3.63, 3.8) is 0 Å². The standard InChI is InChI=1S/C46H74O16P2/c1-3-5-7-8-9-10-11-12-13-14-15-16-17-18-19-24-28-34-45(51)58-38-42(39-61-64(56,57)60-37-41(48)36-59-63(53,54)55)62-46(52)35-29-33-44(50)43(49)32-27-23-21-20-22-26-31-40(47)30-25-6-4-2/h6,9-10,12-13,15-16,18-23,25-27,31-32,40-44,47-50H,3-5,7-8,11,14,17,24,28-30,33-39H2,1-2H3,(H,56,57)(H2,53,54,55)/b10-9-,13-12-,16-15-,19-18-,22-20+,23-21-,25-6-,31-26+,32-27-/t40-,41-,42+,43+,44+/m0/s1. The zero-order chi connectivity index (χ0) is 47.7. The van der Waals surface area contributed by atoms with E-state index in [1.54, 1.807) is 42.5 Å². The van der Waals surface area contributed by atoms with Crippen LogP contribution in [-0.4, -0.2) is 104 Å². The van der Waals surface area contributed by atoms with Gasteiger partial charge >= 0.3 is 27.6 Å². The van der Waals surface area contributed by atoms with E-state index in [1.165, 1.54) is 25.3 Å². The van der Waals surface area contributed by atoms with Gasteiger partial charge in [-0.15, -0.1) is 0 Å². The molecular weight excluding hydrogens is 870 g/mol. The highest BCUT2D eigenvalue weighted by atomic mass is 31.2. The Morgan fingerprint density at radius 3 is 1.73 bits per heavy atom. The van der Waals surface area contributed by atoms with E-state index in [4.69, 9.17) is 23.8 Å². The molecule has 0 bridgehead atoms. The van der Waals surface area contributed by atoms with Crippen LogP contribution in [0.1, 0.15) is 110 Å². The third-order valence-corrected chi connectivity index (χ3v) is 9.91. The predicted octanol–water partition coefficient (Wildman–Crippen LogP) is 8.03. The van der Waals surface area contributed by atoms with Crippen molar-refractivity contribution in [3.8, 4) is 0 Å². The number of aliphatic hydroxyl groups excluding tert-OH is 4. The van der Waals surface area contributed by atoms with Crippen molar-refractivity contribution in [1.29, 1.82) is 0 Å². The maximum absolute atomic E-state index is 12.7. The van der Waals surface area contributed by atoms with Crippen molar-refractivity contribution in [2.45, 2.75) is 141 Å². The van der Waals surface area contributed by atoms with E-state index in [1.807, 2.05) is 31.2 Å². The minimum Gasteiger partial charge on any atom is -0.462 e. The summed E-state index contributed by atoms with van der Waals surface area (Å²) in [6.07, 6.45) is 37.4. The highest BCUT2D eigenvalue weighted by Gasteiger charge is 2.28. The van der Waals surface area contributed by atoms with Crippen molar-refractivity contribution >= 4 is 27.6 Å². The molecule has 0 heterocycles. The smallest absolute Gasteiger partial charge is 0.462 e. The summed E-state index contributed by atoms with van der Waals surface area (Å²) in [5.74, 6) is -1.44. The maximum Gasteiger partial charge on any atom is 0.472 e. The topological polar surface area (TPSA) is 256 Å². The molecule has 0 aliphatic carbocycles. The molecule has 6 atom stereocenters. The molecule has 7 N–H and O–H groups in total. The lowest BCUT2D eigenvalue weighted by Gasteiger charge is -2.21. The summed E-state index contributed by atoms with van der Waals surface area (Å²) in [7, 11) is -9.84. The Bertz CT molecular complexity index is 1590. The molecule has 64 heavy (non-hydrogen) atoms. The second kappa shape index (κ2) is 40.0. The first-order valence-electron chi connectivity index (χ1n) is 21.9. The molecule has 0 saturated carbocycles. The minimum absolute atomic E-state index is 0.00806. The van der Waals surface area contributed by atoms with Crippen LogP contribution in [0.4, 0.5) is 0 Å². The van der Waals surface area contributed by atoms with E-state index < -0.39 is 84.5 Å². The van der Waals surface area contributed by atoms with Crippen LogP contribution >= 0.6 is 15.6 Å². The Morgan fingerprint density at radius 2 is 1.12 bits per heavy atom. The number of carbonyl (C=O) groups is 2. The minimum atomic E-state index is -4.93. The van der Waals surface area contributed by atoms with Crippen molar-refractivity contribution in [2.75, 3.05) is 26.4 Å². The number of hydrogen-bond acceptors (Lipinski definition) is 13. The average Bonchev–Trinajstić information content (AvgIpc) is 3.24. The SMILES string of the molecule is CC/C=C\C[C@H](O)/C=C/C=C/C=C\C=C/[C@@H](O)[C@H](O)CCCC(=O)O[C@H](COC(=O)CCC/C=C\C/C=C\C/C=C\C/C=C\CCCCC)COP(=O)(O)OC[C@@H](O)COP(=O)(O)O. The van der Waals surface area contributed by atoms with E-state index in [-0.39, 0.29) is 25.7 Å². The van der Waals surface area contributed by atoms with Crippen LogP contribution in [0.25, 0.3) is 0 Å². The van der Waals surface area contributed by atoms with Crippen LogP contribution in [0.15, 0.2) is 109 Å². The lowest BCUT2D eigenvalue weighted by molar-refractivity contribution is -0.161. The van der Waals surface area contributed by atoms with Crippen molar-refractivity contribution < 1.29 is 76.9 Å². The molecule has 0 aliphatic heterocycles. The first kappa shape index (κ1) is 60.7. The quantitative estimate of drug-likeness (QED) is 0.0101. The first-order valence-corrected chi connectivity index (χ1v) is 24.9. The molecule has 1 unspecified atom stereocenters. The van der Waals surface area contributed by atoms with Gasteiger partial charge in [-0.3, -0.25) is 23.2 Å². The third kappa shape index (κ3) is 41.4. The fourth-order valence-electron chi connectivity index (χ4n) is 5.03. The molecule has 364 valence electrons. The largest absolute Gasteiger partial charge is 0.472 e. The molecule has 0 aromatic heterocycles. The first-order chi connectivity index (χ1) is 30.6. The second-order valence-electron chi connectivity index (χ2n) is 14.4. The lowest BCUT2D eigenvalue weighted by atomic mass is 10.1. The summed E-state index contributed by atoms with van der Waals surface area (Å²) < 4.78 is 47.4. The van der Waals surface area contributed by atoms with Gasteiger partial charge in [0.05, 0.1) is 38.1 Å². The molecule has 0 aliphatic rings. The van der Waals surface area contributed by atoms with Crippen LogP contribution in [-0.2, 0) is 41.8 Å². The number of allylic oxidation sites excluding steroid dienone is 15. The van der Waals surface area contributed by atoms with Gasteiger partial charge in [0.2, 0.25) is 0 Å². The van der Waals surface area contributed by atoms with Crippen LogP contribution in [0.2, 0.25) is 0 Å². The van der Waals surface area contributed by atoms with E-state index >= 15 is 0 Å². The summed E-state index contributed by atoms with van der Waals surface area (Å²) in [5.41, 5.74) is 0. The van der Waals surface area contributed by atoms with Gasteiger partial charge in [0.1, 0.15) is 12.7 Å². The van der Waals surface area contributed by atoms with Crippen LogP contribution in [0, 0.1) is 0 Å². The summed E-state index contributed by atoms with van der Waals surface area (Å²) >= 11 is 0. The summed E-state index contributed by atoms with van der Waals surface area (Å²) in [6.45, 7) is 1.05. The Balaban J connectivity index is 4.95. The molecule has 0 rings (SSSR count). The number of rotatable bonds is 39. The van der Waals surface area contributed by atoms with Crippen LogP contribution < -0.4 is 0 Å².